The lowest BCUT2D eigenvalue weighted by molar-refractivity contribution is -0.120. The highest BCUT2D eigenvalue weighted by Gasteiger charge is 2.50. The predicted molar refractivity (Wildman–Crippen MR) is 66.3 cm³/mol. The van der Waals surface area contributed by atoms with Crippen LogP contribution in [-0.2, 0) is 6.54 Å². The molecule has 1 saturated carbocycles. The fourth-order valence-corrected chi connectivity index (χ4v) is 2.61. The maximum Gasteiger partial charge on any atom is 0.137 e. The predicted octanol–water partition coefficient (Wildman–Crippen LogP) is 2.10. The number of rotatable bonds is 4. The van der Waals surface area contributed by atoms with Crippen molar-refractivity contribution >= 4 is 0 Å². The Morgan fingerprint density at radius 3 is 2.47 bits per heavy atom. The first-order chi connectivity index (χ1) is 7.84. The smallest absolute Gasteiger partial charge is 0.137 e. The van der Waals surface area contributed by atoms with Gasteiger partial charge in [0, 0.05) is 0 Å². The van der Waals surface area contributed by atoms with Gasteiger partial charge in [-0.15, -0.1) is 0 Å². The Balaban J connectivity index is 2.23. The summed E-state index contributed by atoms with van der Waals surface area (Å²) in [5.41, 5.74) is -0.900. The monoisotopic (exact) mass is 237 g/mol. The number of aromatic nitrogens is 3. The summed E-state index contributed by atoms with van der Waals surface area (Å²) in [6, 6.07) is 0. The average Bonchev–Trinajstić information content (AvgIpc) is 2.95. The van der Waals surface area contributed by atoms with Crippen molar-refractivity contribution in [3.63, 3.8) is 0 Å². The van der Waals surface area contributed by atoms with Crippen LogP contribution in [0.3, 0.4) is 0 Å². The van der Waals surface area contributed by atoms with Crippen molar-refractivity contribution in [3.05, 3.63) is 12.7 Å². The van der Waals surface area contributed by atoms with Gasteiger partial charge in [0.25, 0.3) is 0 Å². The summed E-state index contributed by atoms with van der Waals surface area (Å²) in [6.07, 6.45) is 5.69. The molecule has 2 unspecified atom stereocenters. The zero-order chi connectivity index (χ0) is 12.7. The summed E-state index contributed by atoms with van der Waals surface area (Å²) in [5.74, 6) is 0.967. The van der Waals surface area contributed by atoms with Crippen LogP contribution in [0.15, 0.2) is 12.7 Å². The molecule has 0 radical (unpaired) electrons. The average molecular weight is 237 g/mol. The molecule has 1 aromatic rings. The summed E-state index contributed by atoms with van der Waals surface area (Å²) < 4.78 is 1.74. The lowest BCUT2D eigenvalue weighted by atomic mass is 9.68. The molecule has 0 spiro atoms. The van der Waals surface area contributed by atoms with Crippen LogP contribution in [0.2, 0.25) is 0 Å². The first kappa shape index (κ1) is 12.6. The Hall–Kier alpha value is -0.900. The van der Waals surface area contributed by atoms with Crippen molar-refractivity contribution in [2.45, 2.75) is 52.7 Å². The molecule has 0 amide bonds. The van der Waals surface area contributed by atoms with Crippen molar-refractivity contribution in [1.82, 2.24) is 14.8 Å². The first-order valence-electron chi connectivity index (χ1n) is 6.39. The zero-order valence-corrected chi connectivity index (χ0v) is 11.2. The molecule has 1 heterocycles. The van der Waals surface area contributed by atoms with E-state index >= 15 is 0 Å². The lowest BCUT2D eigenvalue weighted by Crippen LogP contribution is -2.52. The summed E-state index contributed by atoms with van der Waals surface area (Å²) >= 11 is 0. The minimum absolute atomic E-state index is 0.166. The molecule has 2 rings (SSSR count). The molecule has 0 aliphatic heterocycles. The van der Waals surface area contributed by atoms with Crippen molar-refractivity contribution in [2.24, 2.45) is 17.3 Å². The maximum atomic E-state index is 11.1. The number of nitrogens with zero attached hydrogens (tertiary/aromatic N) is 3. The molecule has 4 heteroatoms. The SMILES string of the molecule is CC(C1CC1)C(O)(Cn1cncn1)C(C)(C)C. The molecule has 1 fully saturated rings. The largest absolute Gasteiger partial charge is 0.387 e. The molecule has 1 N–H and O–H groups in total. The summed E-state index contributed by atoms with van der Waals surface area (Å²) in [4.78, 5) is 3.95. The van der Waals surface area contributed by atoms with E-state index in [2.05, 4.69) is 37.8 Å². The number of aliphatic hydroxyl groups is 1. The Bertz CT molecular complexity index is 365. The second-order valence-electron chi connectivity index (χ2n) is 6.39. The lowest BCUT2D eigenvalue weighted by Gasteiger charge is -2.45. The highest BCUT2D eigenvalue weighted by Crippen LogP contribution is 2.48. The van der Waals surface area contributed by atoms with Gasteiger partial charge in [0.1, 0.15) is 12.7 Å². The van der Waals surface area contributed by atoms with Gasteiger partial charge in [0.2, 0.25) is 0 Å². The highest BCUT2D eigenvalue weighted by molar-refractivity contribution is 4.99. The van der Waals surface area contributed by atoms with Gasteiger partial charge in [-0.05, 0) is 30.1 Å². The molecule has 17 heavy (non-hydrogen) atoms. The van der Waals surface area contributed by atoms with Gasteiger partial charge in [-0.1, -0.05) is 27.7 Å². The highest BCUT2D eigenvalue weighted by atomic mass is 16.3. The van der Waals surface area contributed by atoms with Gasteiger partial charge in [0.15, 0.2) is 0 Å². The molecular weight excluding hydrogens is 214 g/mol. The van der Waals surface area contributed by atoms with Gasteiger partial charge < -0.3 is 5.11 Å². The maximum absolute atomic E-state index is 11.1. The van der Waals surface area contributed by atoms with Crippen LogP contribution >= 0.6 is 0 Å². The minimum atomic E-state index is -0.734. The molecule has 2 atom stereocenters. The fraction of sp³-hybridized carbons (Fsp3) is 0.846. The van der Waals surface area contributed by atoms with Gasteiger partial charge in [-0.2, -0.15) is 5.10 Å². The van der Waals surface area contributed by atoms with Gasteiger partial charge in [0.05, 0.1) is 12.1 Å². The normalized spacial score (nSPS) is 22.2. The van der Waals surface area contributed by atoms with Crippen LogP contribution in [-0.4, -0.2) is 25.5 Å². The third-order valence-corrected chi connectivity index (χ3v) is 4.25. The van der Waals surface area contributed by atoms with Gasteiger partial charge >= 0.3 is 0 Å². The molecule has 0 bridgehead atoms. The Kier molecular flexibility index (Phi) is 3.02. The molecule has 96 valence electrons. The van der Waals surface area contributed by atoms with Crippen LogP contribution in [0.1, 0.15) is 40.5 Å². The quantitative estimate of drug-likeness (QED) is 0.872. The van der Waals surface area contributed by atoms with E-state index in [0.717, 1.165) is 0 Å². The van der Waals surface area contributed by atoms with Crippen LogP contribution < -0.4 is 0 Å². The van der Waals surface area contributed by atoms with Gasteiger partial charge in [-0.3, -0.25) is 4.68 Å². The topological polar surface area (TPSA) is 50.9 Å². The van der Waals surface area contributed by atoms with E-state index in [0.29, 0.717) is 18.4 Å². The van der Waals surface area contributed by atoms with Crippen molar-refractivity contribution in [2.75, 3.05) is 0 Å². The van der Waals surface area contributed by atoms with E-state index in [4.69, 9.17) is 0 Å². The van der Waals surface area contributed by atoms with Crippen LogP contribution in [0.25, 0.3) is 0 Å². The second-order valence-corrected chi connectivity index (χ2v) is 6.39. The van der Waals surface area contributed by atoms with E-state index in [1.165, 1.54) is 19.2 Å². The molecule has 1 aliphatic rings. The van der Waals surface area contributed by atoms with E-state index in [9.17, 15) is 5.11 Å². The van der Waals surface area contributed by atoms with Crippen molar-refractivity contribution in [3.8, 4) is 0 Å². The van der Waals surface area contributed by atoms with Crippen LogP contribution in [0.4, 0.5) is 0 Å². The van der Waals surface area contributed by atoms with E-state index in [-0.39, 0.29) is 5.41 Å². The summed E-state index contributed by atoms with van der Waals surface area (Å²) in [6.45, 7) is 8.99. The fourth-order valence-electron chi connectivity index (χ4n) is 2.61. The Morgan fingerprint density at radius 2 is 2.06 bits per heavy atom. The summed E-state index contributed by atoms with van der Waals surface area (Å²) in [5, 5.41) is 15.2. The molecular formula is C13H23N3O. The molecule has 1 aliphatic carbocycles. The second kappa shape index (κ2) is 4.09. The summed E-state index contributed by atoms with van der Waals surface area (Å²) in [7, 11) is 0. The number of hydrogen-bond donors (Lipinski definition) is 1. The minimum Gasteiger partial charge on any atom is -0.387 e. The molecule has 0 aromatic carbocycles. The van der Waals surface area contributed by atoms with E-state index < -0.39 is 5.60 Å². The van der Waals surface area contributed by atoms with Crippen molar-refractivity contribution < 1.29 is 5.11 Å². The van der Waals surface area contributed by atoms with E-state index in [1.807, 2.05) is 0 Å². The third kappa shape index (κ3) is 2.37. The Labute approximate surface area is 103 Å². The standard InChI is InChI=1S/C13H23N3O/c1-10(11-5-6-11)13(17,12(2,3)4)7-16-9-14-8-15-16/h8-11,17H,5-7H2,1-4H3. The van der Waals surface area contributed by atoms with Gasteiger partial charge in [-0.25, -0.2) is 4.98 Å². The molecule has 1 aromatic heterocycles. The van der Waals surface area contributed by atoms with Crippen molar-refractivity contribution in [1.29, 1.82) is 0 Å². The third-order valence-electron chi connectivity index (χ3n) is 4.25. The van der Waals surface area contributed by atoms with Crippen LogP contribution in [0, 0.1) is 17.3 Å². The molecule has 4 nitrogen and oxygen atoms in total. The zero-order valence-electron chi connectivity index (χ0n) is 11.2. The van der Waals surface area contributed by atoms with Crippen LogP contribution in [0.5, 0.6) is 0 Å². The van der Waals surface area contributed by atoms with E-state index in [1.54, 1.807) is 11.0 Å². The number of hydrogen-bond acceptors (Lipinski definition) is 3. The first-order valence-corrected chi connectivity index (χ1v) is 6.39. The Morgan fingerprint density at radius 1 is 1.41 bits per heavy atom. The molecule has 0 saturated heterocycles.